The molecule has 4 nitrogen and oxygen atoms in total. The van der Waals surface area contributed by atoms with E-state index in [0.29, 0.717) is 19.8 Å². The van der Waals surface area contributed by atoms with Crippen molar-refractivity contribution in [3.63, 3.8) is 0 Å². The van der Waals surface area contributed by atoms with E-state index < -0.39 is 0 Å². The van der Waals surface area contributed by atoms with E-state index in [1.807, 2.05) is 6.92 Å². The monoisotopic (exact) mass is 255 g/mol. The minimum Gasteiger partial charge on any atom is -0.464 e. The zero-order chi connectivity index (χ0) is 13.4. The maximum atomic E-state index is 12.8. The lowest BCUT2D eigenvalue weighted by Gasteiger charge is -2.09. The molecule has 0 fully saturated rings. The second-order valence-corrected chi connectivity index (χ2v) is 3.74. The fourth-order valence-electron chi connectivity index (χ4n) is 1.44. The molecule has 0 heterocycles. The number of aryl methyl sites for hydroxylation is 1. The van der Waals surface area contributed by atoms with Crippen LogP contribution in [-0.2, 0) is 14.3 Å². The molecule has 0 bridgehead atoms. The third-order valence-electron chi connectivity index (χ3n) is 2.28. The molecule has 0 aromatic heterocycles. The van der Waals surface area contributed by atoms with Crippen molar-refractivity contribution in [2.75, 3.05) is 31.7 Å². The zero-order valence-electron chi connectivity index (χ0n) is 10.7. The summed E-state index contributed by atoms with van der Waals surface area (Å²) in [7, 11) is 0. The quantitative estimate of drug-likeness (QED) is 0.599. The van der Waals surface area contributed by atoms with Crippen molar-refractivity contribution in [1.82, 2.24) is 0 Å². The summed E-state index contributed by atoms with van der Waals surface area (Å²) in [5.74, 6) is -0.618. The average Bonchev–Trinajstić information content (AvgIpc) is 2.31. The third-order valence-corrected chi connectivity index (χ3v) is 2.28. The van der Waals surface area contributed by atoms with Gasteiger partial charge in [-0.3, -0.25) is 0 Å². The predicted molar refractivity (Wildman–Crippen MR) is 67.1 cm³/mol. The highest BCUT2D eigenvalue weighted by atomic mass is 19.1. The highest BCUT2D eigenvalue weighted by Gasteiger charge is 2.02. The van der Waals surface area contributed by atoms with E-state index in [-0.39, 0.29) is 18.4 Å². The van der Waals surface area contributed by atoms with E-state index in [1.54, 1.807) is 13.0 Å². The molecular formula is C13H18FNO3. The van der Waals surface area contributed by atoms with Crippen molar-refractivity contribution >= 4 is 11.7 Å². The van der Waals surface area contributed by atoms with Crippen LogP contribution in [0, 0.1) is 12.7 Å². The molecule has 0 aliphatic rings. The van der Waals surface area contributed by atoms with Gasteiger partial charge in [-0.15, -0.1) is 0 Å². The van der Waals surface area contributed by atoms with Gasteiger partial charge in [0.1, 0.15) is 12.4 Å². The van der Waals surface area contributed by atoms with Gasteiger partial charge in [0.25, 0.3) is 0 Å². The van der Waals surface area contributed by atoms with Crippen LogP contribution in [0.2, 0.25) is 0 Å². The summed E-state index contributed by atoms with van der Waals surface area (Å²) in [6.07, 6.45) is 0. The molecule has 0 unspecified atom stereocenters. The SMILES string of the molecule is CCOC(=O)COCCNc1ccc(F)cc1C. The highest BCUT2D eigenvalue weighted by molar-refractivity contribution is 5.70. The predicted octanol–water partition coefficient (Wildman–Crippen LogP) is 2.13. The van der Waals surface area contributed by atoms with Gasteiger partial charge in [-0.25, -0.2) is 9.18 Å². The van der Waals surface area contributed by atoms with Crippen molar-refractivity contribution < 1.29 is 18.7 Å². The van der Waals surface area contributed by atoms with Gasteiger partial charge in [0.2, 0.25) is 0 Å². The topological polar surface area (TPSA) is 47.6 Å². The van der Waals surface area contributed by atoms with Crippen LogP contribution in [-0.4, -0.2) is 32.3 Å². The van der Waals surface area contributed by atoms with E-state index in [4.69, 9.17) is 9.47 Å². The Kier molecular flexibility index (Phi) is 6.14. The second kappa shape index (κ2) is 7.66. The minimum absolute atomic E-state index is 0.0437. The molecule has 0 atom stereocenters. The summed E-state index contributed by atoms with van der Waals surface area (Å²) in [5, 5.41) is 3.10. The van der Waals surface area contributed by atoms with Crippen LogP contribution in [0.15, 0.2) is 18.2 Å². The number of nitrogens with one attached hydrogen (secondary N) is 1. The number of carbonyl (C=O) groups excluding carboxylic acids is 1. The first kappa shape index (κ1) is 14.4. The molecule has 0 amide bonds. The smallest absolute Gasteiger partial charge is 0.332 e. The third kappa shape index (κ3) is 5.14. The summed E-state index contributed by atoms with van der Waals surface area (Å²) < 4.78 is 22.7. The first-order valence-electron chi connectivity index (χ1n) is 5.87. The highest BCUT2D eigenvalue weighted by Crippen LogP contribution is 2.14. The number of hydrogen-bond acceptors (Lipinski definition) is 4. The summed E-state index contributed by atoms with van der Waals surface area (Å²) in [6.45, 7) is 4.82. The van der Waals surface area contributed by atoms with Gasteiger partial charge in [0, 0.05) is 12.2 Å². The summed E-state index contributed by atoms with van der Waals surface area (Å²) in [4.78, 5) is 11.0. The lowest BCUT2D eigenvalue weighted by atomic mass is 10.2. The van der Waals surface area contributed by atoms with Crippen LogP contribution in [0.25, 0.3) is 0 Å². The molecule has 0 spiro atoms. The molecule has 1 rings (SSSR count). The van der Waals surface area contributed by atoms with E-state index in [1.165, 1.54) is 12.1 Å². The molecule has 1 aromatic carbocycles. The zero-order valence-corrected chi connectivity index (χ0v) is 10.7. The number of rotatable bonds is 7. The van der Waals surface area contributed by atoms with Crippen molar-refractivity contribution in [3.8, 4) is 0 Å². The van der Waals surface area contributed by atoms with E-state index >= 15 is 0 Å². The lowest BCUT2D eigenvalue weighted by molar-refractivity contribution is -0.148. The Labute approximate surface area is 106 Å². The van der Waals surface area contributed by atoms with Gasteiger partial charge >= 0.3 is 5.97 Å². The molecule has 5 heteroatoms. The van der Waals surface area contributed by atoms with Crippen molar-refractivity contribution in [1.29, 1.82) is 0 Å². The van der Waals surface area contributed by atoms with E-state index in [0.717, 1.165) is 11.3 Å². The number of hydrogen-bond donors (Lipinski definition) is 1. The van der Waals surface area contributed by atoms with Crippen LogP contribution in [0.3, 0.4) is 0 Å². The Bertz CT molecular complexity index is 396. The molecule has 0 saturated carbocycles. The number of carbonyl (C=O) groups is 1. The molecule has 0 aliphatic carbocycles. The van der Waals surface area contributed by atoms with Crippen LogP contribution in [0.1, 0.15) is 12.5 Å². The van der Waals surface area contributed by atoms with Crippen LogP contribution in [0.5, 0.6) is 0 Å². The molecule has 100 valence electrons. The van der Waals surface area contributed by atoms with Gasteiger partial charge in [0.05, 0.1) is 13.2 Å². The Morgan fingerprint density at radius 2 is 2.22 bits per heavy atom. The van der Waals surface area contributed by atoms with Gasteiger partial charge in [-0.2, -0.15) is 0 Å². The Balaban J connectivity index is 2.20. The lowest BCUT2D eigenvalue weighted by Crippen LogP contribution is -2.16. The van der Waals surface area contributed by atoms with Crippen LogP contribution < -0.4 is 5.32 Å². The summed E-state index contributed by atoms with van der Waals surface area (Å²) >= 11 is 0. The number of ether oxygens (including phenoxy) is 2. The molecule has 0 saturated heterocycles. The molecule has 1 N–H and O–H groups in total. The fourth-order valence-corrected chi connectivity index (χ4v) is 1.44. The maximum Gasteiger partial charge on any atom is 0.332 e. The minimum atomic E-state index is -0.365. The van der Waals surface area contributed by atoms with Gasteiger partial charge in [-0.05, 0) is 37.6 Å². The Morgan fingerprint density at radius 1 is 1.44 bits per heavy atom. The largest absolute Gasteiger partial charge is 0.464 e. The number of benzene rings is 1. The van der Waals surface area contributed by atoms with Crippen molar-refractivity contribution in [2.24, 2.45) is 0 Å². The molecule has 18 heavy (non-hydrogen) atoms. The normalized spacial score (nSPS) is 10.2. The molecule has 0 radical (unpaired) electrons. The number of halogens is 1. The second-order valence-electron chi connectivity index (χ2n) is 3.74. The fraction of sp³-hybridized carbons (Fsp3) is 0.462. The summed E-state index contributed by atoms with van der Waals surface area (Å²) in [5.41, 5.74) is 1.69. The Hall–Kier alpha value is -1.62. The van der Waals surface area contributed by atoms with Crippen LogP contribution in [0.4, 0.5) is 10.1 Å². The van der Waals surface area contributed by atoms with Crippen molar-refractivity contribution in [3.05, 3.63) is 29.6 Å². The van der Waals surface area contributed by atoms with Crippen LogP contribution >= 0.6 is 0 Å². The molecule has 0 aliphatic heterocycles. The van der Waals surface area contributed by atoms with Gasteiger partial charge in [0.15, 0.2) is 0 Å². The van der Waals surface area contributed by atoms with E-state index in [2.05, 4.69) is 5.32 Å². The van der Waals surface area contributed by atoms with Gasteiger partial charge in [-0.1, -0.05) is 0 Å². The maximum absolute atomic E-state index is 12.8. The average molecular weight is 255 g/mol. The first-order valence-corrected chi connectivity index (χ1v) is 5.87. The van der Waals surface area contributed by atoms with E-state index in [9.17, 15) is 9.18 Å². The molecule has 1 aromatic rings. The standard InChI is InChI=1S/C13H18FNO3/c1-3-18-13(16)9-17-7-6-15-12-5-4-11(14)8-10(12)2/h4-5,8,15H,3,6-7,9H2,1-2H3. The Morgan fingerprint density at radius 3 is 2.89 bits per heavy atom. The molecular weight excluding hydrogens is 237 g/mol. The first-order chi connectivity index (χ1) is 8.63. The van der Waals surface area contributed by atoms with Crippen molar-refractivity contribution in [2.45, 2.75) is 13.8 Å². The number of esters is 1. The van der Waals surface area contributed by atoms with Gasteiger partial charge < -0.3 is 14.8 Å². The summed E-state index contributed by atoms with van der Waals surface area (Å²) in [6, 6.07) is 4.53. The number of anilines is 1.